The molecule has 136 valence electrons. The highest BCUT2D eigenvalue weighted by Crippen LogP contribution is 2.33. The first kappa shape index (κ1) is 17.5. The average Bonchev–Trinajstić information content (AvgIpc) is 3.25. The number of urea groups is 1. The van der Waals surface area contributed by atoms with Crippen molar-refractivity contribution in [2.75, 3.05) is 10.6 Å². The first-order valence-corrected chi connectivity index (χ1v) is 7.70. The summed E-state index contributed by atoms with van der Waals surface area (Å²) in [5, 5.41) is 15.4. The SMILES string of the molecule is CCc1cn[nH]c1NC(=O)Nc1cc(C(F)(F)F)ccc1-n1cccn1. The molecule has 0 fully saturated rings. The average molecular weight is 364 g/mol. The smallest absolute Gasteiger partial charge is 0.306 e. The van der Waals surface area contributed by atoms with Crippen molar-refractivity contribution in [3.63, 3.8) is 0 Å². The maximum Gasteiger partial charge on any atom is 0.416 e. The van der Waals surface area contributed by atoms with Crippen LogP contribution in [0.1, 0.15) is 18.1 Å². The largest absolute Gasteiger partial charge is 0.416 e. The number of aromatic nitrogens is 4. The van der Waals surface area contributed by atoms with E-state index in [0.29, 0.717) is 17.9 Å². The number of aryl methyl sites for hydroxylation is 1. The van der Waals surface area contributed by atoms with Crippen LogP contribution in [0.15, 0.2) is 42.9 Å². The fraction of sp³-hybridized carbons (Fsp3) is 0.188. The molecule has 2 heterocycles. The van der Waals surface area contributed by atoms with Gasteiger partial charge in [-0.3, -0.25) is 10.4 Å². The molecule has 1 aromatic carbocycles. The van der Waals surface area contributed by atoms with Crippen LogP contribution in [-0.4, -0.2) is 26.0 Å². The van der Waals surface area contributed by atoms with Gasteiger partial charge < -0.3 is 5.32 Å². The van der Waals surface area contributed by atoms with Crippen molar-refractivity contribution in [1.82, 2.24) is 20.0 Å². The minimum absolute atomic E-state index is 0.0291. The summed E-state index contributed by atoms with van der Waals surface area (Å²) in [6, 6.07) is 3.98. The molecule has 2 aromatic heterocycles. The molecule has 0 atom stereocenters. The van der Waals surface area contributed by atoms with E-state index in [2.05, 4.69) is 25.9 Å². The van der Waals surface area contributed by atoms with Crippen molar-refractivity contribution < 1.29 is 18.0 Å². The molecule has 7 nitrogen and oxygen atoms in total. The minimum atomic E-state index is -4.53. The maximum atomic E-state index is 13.0. The van der Waals surface area contributed by atoms with Crippen LogP contribution in [0.4, 0.5) is 29.5 Å². The summed E-state index contributed by atoms with van der Waals surface area (Å²) < 4.78 is 40.4. The van der Waals surface area contributed by atoms with Gasteiger partial charge in [0.1, 0.15) is 5.82 Å². The Morgan fingerprint density at radius 2 is 2.12 bits per heavy atom. The summed E-state index contributed by atoms with van der Waals surface area (Å²) in [6.07, 6.45) is 0.715. The molecule has 0 bridgehead atoms. The van der Waals surface area contributed by atoms with Gasteiger partial charge in [0.25, 0.3) is 0 Å². The standard InChI is InChI=1S/C16H15F3N6O/c1-2-10-9-20-24-14(10)23-15(26)22-12-8-11(16(17,18)19)4-5-13(12)25-7-3-6-21-25/h3-9H,2H2,1H3,(H3,20,22,23,24,26). The number of alkyl halides is 3. The number of amides is 2. The fourth-order valence-corrected chi connectivity index (χ4v) is 2.38. The lowest BCUT2D eigenvalue weighted by molar-refractivity contribution is -0.137. The Balaban J connectivity index is 1.90. The number of carbonyl (C=O) groups is 1. The number of anilines is 2. The van der Waals surface area contributed by atoms with Crippen LogP contribution in [-0.2, 0) is 12.6 Å². The molecule has 0 aliphatic rings. The number of rotatable bonds is 4. The zero-order chi connectivity index (χ0) is 18.7. The number of H-pyrrole nitrogens is 1. The highest BCUT2D eigenvalue weighted by molar-refractivity contribution is 6.00. The van der Waals surface area contributed by atoms with E-state index in [1.165, 1.54) is 16.9 Å². The molecule has 26 heavy (non-hydrogen) atoms. The lowest BCUT2D eigenvalue weighted by Crippen LogP contribution is -2.22. The molecule has 0 aliphatic carbocycles. The first-order valence-electron chi connectivity index (χ1n) is 7.70. The molecule has 0 spiro atoms. The molecule has 0 saturated heterocycles. The predicted molar refractivity (Wildman–Crippen MR) is 89.2 cm³/mol. The van der Waals surface area contributed by atoms with E-state index in [-0.39, 0.29) is 5.69 Å². The number of hydrogen-bond donors (Lipinski definition) is 3. The van der Waals surface area contributed by atoms with E-state index in [0.717, 1.165) is 17.7 Å². The van der Waals surface area contributed by atoms with Crippen molar-refractivity contribution in [2.24, 2.45) is 0 Å². The summed E-state index contributed by atoms with van der Waals surface area (Å²) >= 11 is 0. The molecule has 3 rings (SSSR count). The van der Waals surface area contributed by atoms with E-state index >= 15 is 0 Å². The van der Waals surface area contributed by atoms with Crippen LogP contribution in [0.25, 0.3) is 5.69 Å². The molecule has 0 aliphatic heterocycles. The number of aromatic amines is 1. The predicted octanol–water partition coefficient (Wildman–Crippen LogP) is 3.82. The second kappa shape index (κ2) is 6.90. The number of hydrogen-bond acceptors (Lipinski definition) is 3. The second-order valence-corrected chi connectivity index (χ2v) is 5.38. The van der Waals surface area contributed by atoms with Gasteiger partial charge in [-0.25, -0.2) is 9.48 Å². The van der Waals surface area contributed by atoms with Crippen LogP contribution in [0.3, 0.4) is 0 Å². The van der Waals surface area contributed by atoms with Crippen molar-refractivity contribution in [1.29, 1.82) is 0 Å². The quantitative estimate of drug-likeness (QED) is 0.658. The number of halogens is 3. The third kappa shape index (κ3) is 3.68. The Morgan fingerprint density at radius 3 is 2.77 bits per heavy atom. The maximum absolute atomic E-state index is 13.0. The molecular weight excluding hydrogens is 349 g/mol. The van der Waals surface area contributed by atoms with Crippen molar-refractivity contribution in [3.05, 3.63) is 54.0 Å². The zero-order valence-corrected chi connectivity index (χ0v) is 13.6. The van der Waals surface area contributed by atoms with Gasteiger partial charge in [-0.05, 0) is 30.7 Å². The minimum Gasteiger partial charge on any atom is -0.306 e. The van der Waals surface area contributed by atoms with Crippen LogP contribution in [0.2, 0.25) is 0 Å². The summed E-state index contributed by atoms with van der Waals surface area (Å²) in [5.41, 5.74) is 0.174. The van der Waals surface area contributed by atoms with Gasteiger partial charge in [0.2, 0.25) is 0 Å². The lowest BCUT2D eigenvalue weighted by atomic mass is 10.1. The molecular formula is C16H15F3N6O. The molecule has 0 saturated carbocycles. The van der Waals surface area contributed by atoms with Crippen molar-refractivity contribution in [2.45, 2.75) is 19.5 Å². The third-order valence-electron chi connectivity index (χ3n) is 3.66. The lowest BCUT2D eigenvalue weighted by Gasteiger charge is -2.15. The molecule has 3 N–H and O–H groups in total. The normalized spacial score (nSPS) is 11.4. The molecule has 10 heteroatoms. The van der Waals surface area contributed by atoms with Gasteiger partial charge in [0.05, 0.1) is 23.1 Å². The number of nitrogens with one attached hydrogen (secondary N) is 3. The van der Waals surface area contributed by atoms with Gasteiger partial charge >= 0.3 is 12.2 Å². The summed E-state index contributed by atoms with van der Waals surface area (Å²) in [6.45, 7) is 1.89. The topological polar surface area (TPSA) is 87.6 Å². The summed E-state index contributed by atoms with van der Waals surface area (Å²) in [4.78, 5) is 12.2. The van der Waals surface area contributed by atoms with E-state index in [9.17, 15) is 18.0 Å². The Morgan fingerprint density at radius 1 is 1.31 bits per heavy atom. The summed E-state index contributed by atoms with van der Waals surface area (Å²) in [5.74, 6) is 0.387. The Labute approximate surface area is 146 Å². The highest BCUT2D eigenvalue weighted by atomic mass is 19.4. The van der Waals surface area contributed by atoms with Gasteiger partial charge in [0, 0.05) is 18.0 Å². The Hall–Kier alpha value is -3.30. The van der Waals surface area contributed by atoms with Gasteiger partial charge in [-0.2, -0.15) is 23.4 Å². The van der Waals surface area contributed by atoms with Gasteiger partial charge in [0.15, 0.2) is 0 Å². The van der Waals surface area contributed by atoms with E-state index in [1.807, 2.05) is 6.92 Å². The van der Waals surface area contributed by atoms with Crippen LogP contribution in [0, 0.1) is 0 Å². The van der Waals surface area contributed by atoms with Crippen LogP contribution in [0.5, 0.6) is 0 Å². The number of nitrogens with zero attached hydrogens (tertiary/aromatic N) is 3. The van der Waals surface area contributed by atoms with Crippen LogP contribution >= 0.6 is 0 Å². The first-order chi connectivity index (χ1) is 12.4. The third-order valence-corrected chi connectivity index (χ3v) is 3.66. The van der Waals surface area contributed by atoms with Gasteiger partial charge in [-0.1, -0.05) is 6.92 Å². The second-order valence-electron chi connectivity index (χ2n) is 5.38. The molecule has 0 radical (unpaired) electrons. The molecule has 3 aromatic rings. The monoisotopic (exact) mass is 364 g/mol. The number of carbonyl (C=O) groups excluding carboxylic acids is 1. The molecule has 2 amide bonds. The van der Waals surface area contributed by atoms with Crippen molar-refractivity contribution in [3.8, 4) is 5.69 Å². The van der Waals surface area contributed by atoms with Crippen molar-refractivity contribution >= 4 is 17.5 Å². The Kier molecular flexibility index (Phi) is 4.65. The van der Waals surface area contributed by atoms with Crippen LogP contribution < -0.4 is 10.6 Å². The number of benzene rings is 1. The zero-order valence-electron chi connectivity index (χ0n) is 13.6. The summed E-state index contributed by atoms with van der Waals surface area (Å²) in [7, 11) is 0. The van der Waals surface area contributed by atoms with Gasteiger partial charge in [-0.15, -0.1) is 0 Å². The Bertz CT molecular complexity index is 901. The van der Waals surface area contributed by atoms with E-state index in [1.54, 1.807) is 18.5 Å². The molecule has 0 unspecified atom stereocenters. The highest BCUT2D eigenvalue weighted by Gasteiger charge is 2.31. The van der Waals surface area contributed by atoms with E-state index in [4.69, 9.17) is 0 Å². The fourth-order valence-electron chi connectivity index (χ4n) is 2.38. The van der Waals surface area contributed by atoms with E-state index < -0.39 is 17.8 Å².